The topological polar surface area (TPSA) is 21.3 Å². The summed E-state index contributed by atoms with van der Waals surface area (Å²) in [5, 5.41) is 3.46. The molecule has 1 aliphatic heterocycles. The quantitative estimate of drug-likeness (QED) is 0.760. The van der Waals surface area contributed by atoms with E-state index in [9.17, 15) is 0 Å². The van der Waals surface area contributed by atoms with Gasteiger partial charge in [0.1, 0.15) is 0 Å². The molecule has 1 aromatic carbocycles. The van der Waals surface area contributed by atoms with Gasteiger partial charge in [0.25, 0.3) is 0 Å². The summed E-state index contributed by atoms with van der Waals surface area (Å²) >= 11 is 0. The fourth-order valence-corrected chi connectivity index (χ4v) is 2.13. The van der Waals surface area contributed by atoms with Crippen LogP contribution in [0.2, 0.25) is 0 Å². The zero-order valence-electron chi connectivity index (χ0n) is 10.3. The maximum atomic E-state index is 5.36. The number of benzene rings is 1. The van der Waals surface area contributed by atoms with Gasteiger partial charge in [-0.05, 0) is 36.4 Å². The van der Waals surface area contributed by atoms with Gasteiger partial charge in [-0.15, -0.1) is 0 Å². The number of ether oxygens (including phenoxy) is 1. The fourth-order valence-electron chi connectivity index (χ4n) is 2.13. The van der Waals surface area contributed by atoms with Crippen LogP contribution in [0.5, 0.6) is 0 Å². The van der Waals surface area contributed by atoms with Crippen molar-refractivity contribution in [2.24, 2.45) is 5.92 Å². The highest BCUT2D eigenvalue weighted by atomic mass is 16.5. The summed E-state index contributed by atoms with van der Waals surface area (Å²) in [6.45, 7) is 7.93. The summed E-state index contributed by atoms with van der Waals surface area (Å²) in [4.78, 5) is 0. The first-order valence-corrected chi connectivity index (χ1v) is 6.38. The molecule has 1 heterocycles. The molecule has 0 aromatic heterocycles. The van der Waals surface area contributed by atoms with Crippen LogP contribution in [0.15, 0.2) is 36.9 Å². The molecule has 1 saturated heterocycles. The molecule has 17 heavy (non-hydrogen) atoms. The van der Waals surface area contributed by atoms with Gasteiger partial charge in [-0.25, -0.2) is 0 Å². The predicted octanol–water partition coefficient (Wildman–Crippen LogP) is 2.72. The lowest BCUT2D eigenvalue weighted by atomic mass is 10.0. The van der Waals surface area contributed by atoms with Crippen LogP contribution in [-0.4, -0.2) is 26.3 Å². The standard InChI is InChI=1S/C15H21NO/c1-13(15-5-3-2-4-6-15)11-16-9-7-14-8-10-17-12-14/h2-6,14,16H,1,7-12H2. The summed E-state index contributed by atoms with van der Waals surface area (Å²) in [5.74, 6) is 0.757. The van der Waals surface area contributed by atoms with Gasteiger partial charge < -0.3 is 10.1 Å². The summed E-state index contributed by atoms with van der Waals surface area (Å²) in [7, 11) is 0. The molecule has 1 fully saturated rings. The second kappa shape index (κ2) is 6.58. The first-order chi connectivity index (χ1) is 8.36. The smallest absolute Gasteiger partial charge is 0.0495 e. The van der Waals surface area contributed by atoms with Gasteiger partial charge in [0.05, 0.1) is 0 Å². The van der Waals surface area contributed by atoms with Gasteiger partial charge in [-0.1, -0.05) is 36.9 Å². The highest BCUT2D eigenvalue weighted by Crippen LogP contribution is 2.15. The molecule has 1 unspecified atom stereocenters. The van der Waals surface area contributed by atoms with E-state index in [4.69, 9.17) is 4.74 Å². The Kier molecular flexibility index (Phi) is 4.77. The SMILES string of the molecule is C=C(CNCCC1CCOC1)c1ccccc1. The van der Waals surface area contributed by atoms with Crippen molar-refractivity contribution in [2.45, 2.75) is 12.8 Å². The van der Waals surface area contributed by atoms with Crippen molar-refractivity contribution in [3.05, 3.63) is 42.5 Å². The first-order valence-electron chi connectivity index (χ1n) is 6.38. The van der Waals surface area contributed by atoms with E-state index in [-0.39, 0.29) is 0 Å². The van der Waals surface area contributed by atoms with Gasteiger partial charge >= 0.3 is 0 Å². The zero-order valence-corrected chi connectivity index (χ0v) is 10.3. The third-order valence-corrected chi connectivity index (χ3v) is 3.27. The molecule has 0 spiro atoms. The lowest BCUT2D eigenvalue weighted by Gasteiger charge is -2.10. The van der Waals surface area contributed by atoms with E-state index in [2.05, 4.69) is 36.2 Å². The van der Waals surface area contributed by atoms with Crippen LogP contribution >= 0.6 is 0 Å². The Morgan fingerprint density at radius 3 is 2.88 bits per heavy atom. The van der Waals surface area contributed by atoms with Crippen molar-refractivity contribution < 1.29 is 4.74 Å². The Hall–Kier alpha value is -1.12. The molecule has 0 amide bonds. The molecule has 0 aliphatic carbocycles. The van der Waals surface area contributed by atoms with Gasteiger partial charge in [0.2, 0.25) is 0 Å². The molecule has 1 aliphatic rings. The second-order valence-corrected chi connectivity index (χ2v) is 4.66. The monoisotopic (exact) mass is 231 g/mol. The minimum absolute atomic E-state index is 0.757. The molecule has 1 N–H and O–H groups in total. The number of hydrogen-bond donors (Lipinski definition) is 1. The van der Waals surface area contributed by atoms with Crippen LogP contribution in [-0.2, 0) is 4.74 Å². The normalized spacial score (nSPS) is 19.4. The first kappa shape index (κ1) is 12.3. The average Bonchev–Trinajstić information content (AvgIpc) is 2.88. The summed E-state index contributed by atoms with van der Waals surface area (Å²) in [5.41, 5.74) is 2.39. The van der Waals surface area contributed by atoms with Crippen LogP contribution < -0.4 is 5.32 Å². The minimum atomic E-state index is 0.757. The van der Waals surface area contributed by atoms with Crippen LogP contribution in [0.25, 0.3) is 5.57 Å². The lowest BCUT2D eigenvalue weighted by molar-refractivity contribution is 0.184. The van der Waals surface area contributed by atoms with Crippen LogP contribution in [0.4, 0.5) is 0 Å². The number of nitrogens with one attached hydrogen (secondary N) is 1. The van der Waals surface area contributed by atoms with E-state index in [0.717, 1.165) is 37.8 Å². The third kappa shape index (κ3) is 3.99. The van der Waals surface area contributed by atoms with E-state index >= 15 is 0 Å². The van der Waals surface area contributed by atoms with Crippen molar-refractivity contribution in [1.82, 2.24) is 5.32 Å². The van der Waals surface area contributed by atoms with Crippen molar-refractivity contribution in [3.8, 4) is 0 Å². The van der Waals surface area contributed by atoms with E-state index in [1.807, 2.05) is 6.07 Å². The molecule has 2 nitrogen and oxygen atoms in total. The molecule has 2 rings (SSSR count). The highest BCUT2D eigenvalue weighted by molar-refractivity contribution is 5.64. The molecular weight excluding hydrogens is 210 g/mol. The van der Waals surface area contributed by atoms with Crippen LogP contribution in [0.1, 0.15) is 18.4 Å². The molecule has 2 heteroatoms. The van der Waals surface area contributed by atoms with E-state index in [0.29, 0.717) is 0 Å². The number of rotatable bonds is 6. The largest absolute Gasteiger partial charge is 0.381 e. The summed E-state index contributed by atoms with van der Waals surface area (Å²) in [6.07, 6.45) is 2.43. The van der Waals surface area contributed by atoms with E-state index in [1.165, 1.54) is 18.4 Å². The Morgan fingerprint density at radius 2 is 2.18 bits per heavy atom. The third-order valence-electron chi connectivity index (χ3n) is 3.27. The van der Waals surface area contributed by atoms with Crippen molar-refractivity contribution in [1.29, 1.82) is 0 Å². The lowest BCUT2D eigenvalue weighted by Crippen LogP contribution is -2.20. The zero-order chi connectivity index (χ0) is 11.9. The Labute approximate surface area is 104 Å². The van der Waals surface area contributed by atoms with Crippen molar-refractivity contribution in [2.75, 3.05) is 26.3 Å². The molecular formula is C15H21NO. The molecule has 92 valence electrons. The van der Waals surface area contributed by atoms with Gasteiger partial charge in [-0.2, -0.15) is 0 Å². The Bertz CT molecular complexity index is 341. The molecule has 1 aromatic rings. The molecule has 0 bridgehead atoms. The van der Waals surface area contributed by atoms with Gasteiger partial charge in [0.15, 0.2) is 0 Å². The van der Waals surface area contributed by atoms with Gasteiger partial charge in [0, 0.05) is 19.8 Å². The average molecular weight is 231 g/mol. The highest BCUT2D eigenvalue weighted by Gasteiger charge is 2.14. The maximum absolute atomic E-state index is 5.36. The van der Waals surface area contributed by atoms with Gasteiger partial charge in [-0.3, -0.25) is 0 Å². The Morgan fingerprint density at radius 1 is 1.35 bits per heavy atom. The molecule has 1 atom stereocenters. The van der Waals surface area contributed by atoms with Crippen LogP contribution in [0.3, 0.4) is 0 Å². The number of hydrogen-bond acceptors (Lipinski definition) is 2. The van der Waals surface area contributed by atoms with Crippen LogP contribution in [0, 0.1) is 5.92 Å². The molecule has 0 saturated carbocycles. The van der Waals surface area contributed by atoms with E-state index < -0.39 is 0 Å². The maximum Gasteiger partial charge on any atom is 0.0495 e. The summed E-state index contributed by atoms with van der Waals surface area (Å²) in [6, 6.07) is 10.3. The predicted molar refractivity (Wildman–Crippen MR) is 71.9 cm³/mol. The van der Waals surface area contributed by atoms with Crippen molar-refractivity contribution in [3.63, 3.8) is 0 Å². The van der Waals surface area contributed by atoms with Crippen molar-refractivity contribution >= 4 is 5.57 Å². The second-order valence-electron chi connectivity index (χ2n) is 4.66. The van der Waals surface area contributed by atoms with E-state index in [1.54, 1.807) is 0 Å². The fraction of sp³-hybridized carbons (Fsp3) is 0.467. The summed E-state index contributed by atoms with van der Waals surface area (Å²) < 4.78 is 5.36. The minimum Gasteiger partial charge on any atom is -0.381 e. The molecule has 0 radical (unpaired) electrons. The Balaban J connectivity index is 1.63.